The molecule has 7 heteroatoms. The van der Waals surface area contributed by atoms with Crippen molar-refractivity contribution in [3.8, 4) is 24.2 Å². The molecule has 2 bridgehead atoms. The summed E-state index contributed by atoms with van der Waals surface area (Å²) in [5.41, 5.74) is 1.98. The van der Waals surface area contributed by atoms with Crippen LogP contribution >= 0.6 is 0 Å². The van der Waals surface area contributed by atoms with Gasteiger partial charge in [0.2, 0.25) is 0 Å². The highest BCUT2D eigenvalue weighted by Crippen LogP contribution is 2.50. The smallest absolute Gasteiger partial charge is 0.307 e. The summed E-state index contributed by atoms with van der Waals surface area (Å²) in [4.78, 5) is 23.5. The molecule has 3 saturated carbocycles. The van der Waals surface area contributed by atoms with Gasteiger partial charge in [0.15, 0.2) is 11.6 Å². The van der Waals surface area contributed by atoms with E-state index in [1.165, 1.54) is 6.07 Å². The number of nitrogens with zero attached hydrogens (tertiary/aromatic N) is 2. The number of H-pyrrole nitrogens is 1. The van der Waals surface area contributed by atoms with Gasteiger partial charge in [0.1, 0.15) is 5.82 Å². The van der Waals surface area contributed by atoms with Gasteiger partial charge >= 0.3 is 5.97 Å². The van der Waals surface area contributed by atoms with Crippen LogP contribution in [-0.2, 0) is 11.2 Å². The van der Waals surface area contributed by atoms with Crippen molar-refractivity contribution in [1.29, 1.82) is 0 Å². The predicted molar refractivity (Wildman–Crippen MR) is 131 cm³/mol. The zero-order valence-corrected chi connectivity index (χ0v) is 17.8. The lowest BCUT2D eigenvalue weighted by Crippen LogP contribution is -2.45. The number of carboxylic acids is 1. The topological polar surface area (TPSA) is 78.9 Å². The van der Waals surface area contributed by atoms with E-state index in [9.17, 15) is 18.7 Å². The number of benzene rings is 1. The van der Waals surface area contributed by atoms with Crippen LogP contribution in [0.25, 0.3) is 22.3 Å². The molecule has 0 saturated heterocycles. The maximum absolute atomic E-state index is 14.6. The lowest BCUT2D eigenvalue weighted by atomic mass is 9.57. The number of aromatic nitrogens is 3. The van der Waals surface area contributed by atoms with Gasteiger partial charge in [-0.25, -0.2) is 18.7 Å². The van der Waals surface area contributed by atoms with Crippen molar-refractivity contribution in [2.24, 2.45) is 23.7 Å². The molecule has 0 unspecified atom stereocenters. The normalized spacial score (nSPS) is 22.7. The molecule has 1 aromatic carbocycles. The fourth-order valence-corrected chi connectivity index (χ4v) is 5.66. The Morgan fingerprint density at radius 3 is 2.41 bits per heavy atom. The molecule has 0 amide bonds. The minimum atomic E-state index is -0.785. The number of aryl methyl sites for hydroxylation is 1. The SMILES string of the molecule is C.C.C#C.Cc1cc(F)c2[nH]cc(-c3ncc(F)c(C[C@H]4C5CCC(CC5)[C@@H]4C(=O)O)n3)c2c1. The molecule has 3 aromatic rings. The average molecular weight is 470 g/mol. The van der Waals surface area contributed by atoms with Gasteiger partial charge in [-0.15, -0.1) is 12.8 Å². The van der Waals surface area contributed by atoms with Crippen molar-refractivity contribution >= 4 is 16.9 Å². The Hall–Kier alpha value is -3.27. The number of carbonyl (C=O) groups is 1. The van der Waals surface area contributed by atoms with Gasteiger partial charge < -0.3 is 10.1 Å². The van der Waals surface area contributed by atoms with Crippen LogP contribution in [0.2, 0.25) is 0 Å². The number of hydrogen-bond donors (Lipinski definition) is 2. The van der Waals surface area contributed by atoms with Crippen LogP contribution < -0.4 is 0 Å². The molecule has 2 atom stereocenters. The summed E-state index contributed by atoms with van der Waals surface area (Å²) in [5.74, 6) is -1.45. The summed E-state index contributed by atoms with van der Waals surface area (Å²) in [6.07, 6.45) is 14.9. The third-order valence-corrected chi connectivity index (χ3v) is 7.05. The lowest BCUT2D eigenvalue weighted by molar-refractivity contribution is -0.152. The molecule has 0 spiro atoms. The molecule has 2 aromatic heterocycles. The molecule has 0 aliphatic heterocycles. The number of hydrogen-bond acceptors (Lipinski definition) is 3. The number of halogens is 2. The maximum atomic E-state index is 14.6. The van der Waals surface area contributed by atoms with Crippen LogP contribution in [0.3, 0.4) is 0 Å². The van der Waals surface area contributed by atoms with Crippen molar-refractivity contribution in [3.63, 3.8) is 0 Å². The number of rotatable bonds is 4. The molecule has 34 heavy (non-hydrogen) atoms. The first-order chi connectivity index (χ1) is 15.4. The lowest BCUT2D eigenvalue weighted by Gasteiger charge is -2.46. The molecule has 5 nitrogen and oxygen atoms in total. The van der Waals surface area contributed by atoms with Crippen LogP contribution in [0.4, 0.5) is 8.78 Å². The molecule has 3 aliphatic carbocycles. The minimum Gasteiger partial charge on any atom is -0.481 e. The molecule has 2 N–H and O–H groups in total. The van der Waals surface area contributed by atoms with E-state index in [4.69, 9.17) is 0 Å². The van der Waals surface area contributed by atoms with E-state index in [0.717, 1.165) is 37.4 Å². The van der Waals surface area contributed by atoms with Gasteiger partial charge in [0.25, 0.3) is 0 Å². The highest BCUT2D eigenvalue weighted by Gasteiger charge is 2.47. The van der Waals surface area contributed by atoms with E-state index in [1.807, 2.05) is 6.07 Å². The minimum absolute atomic E-state index is 0. The van der Waals surface area contributed by atoms with E-state index in [1.54, 1.807) is 13.1 Å². The predicted octanol–water partition coefficient (Wildman–Crippen LogP) is 6.41. The number of fused-ring (bicyclic) bond motifs is 4. The van der Waals surface area contributed by atoms with Crippen molar-refractivity contribution in [3.05, 3.63) is 47.4 Å². The number of carboxylic acid groups (broad SMARTS) is 1. The van der Waals surface area contributed by atoms with Crippen LogP contribution in [0.1, 0.15) is 51.8 Å². The van der Waals surface area contributed by atoms with E-state index in [2.05, 4.69) is 27.8 Å². The Kier molecular flexibility index (Phi) is 8.55. The maximum Gasteiger partial charge on any atom is 0.307 e. The zero-order valence-electron chi connectivity index (χ0n) is 17.8. The molecule has 2 heterocycles. The zero-order chi connectivity index (χ0) is 23.0. The van der Waals surface area contributed by atoms with Crippen LogP contribution in [0, 0.1) is 55.1 Å². The molecular formula is C27H33F2N3O2. The van der Waals surface area contributed by atoms with E-state index in [-0.39, 0.29) is 44.6 Å². The molecule has 3 fully saturated rings. The summed E-state index contributed by atoms with van der Waals surface area (Å²) in [7, 11) is 0. The fraction of sp³-hybridized carbons (Fsp3) is 0.444. The van der Waals surface area contributed by atoms with E-state index < -0.39 is 17.7 Å². The van der Waals surface area contributed by atoms with E-state index in [0.29, 0.717) is 28.2 Å². The van der Waals surface area contributed by atoms with Crippen molar-refractivity contribution in [2.45, 2.75) is 53.9 Å². The fourth-order valence-electron chi connectivity index (χ4n) is 5.66. The number of aliphatic carboxylic acids is 1. The molecule has 182 valence electrons. The van der Waals surface area contributed by atoms with Gasteiger partial charge in [0.05, 0.1) is 23.3 Å². The van der Waals surface area contributed by atoms with Crippen molar-refractivity contribution in [1.82, 2.24) is 15.0 Å². The molecule has 0 radical (unpaired) electrons. The number of nitrogens with one attached hydrogen (secondary N) is 1. The Morgan fingerprint density at radius 2 is 1.76 bits per heavy atom. The quantitative estimate of drug-likeness (QED) is 0.433. The van der Waals surface area contributed by atoms with Crippen LogP contribution in [0.5, 0.6) is 0 Å². The monoisotopic (exact) mass is 469 g/mol. The Bertz CT molecular complexity index is 1180. The van der Waals surface area contributed by atoms with Gasteiger partial charge in [-0.3, -0.25) is 4.79 Å². The van der Waals surface area contributed by atoms with Gasteiger partial charge in [-0.2, -0.15) is 0 Å². The standard InChI is InChI=1S/C23H23F2N3O2.C2H2.2CH4/c1-11-6-15-16(9-26-21(15)17(24)7-11)22-27-10-18(25)19(28-22)8-14-12-2-4-13(5-3-12)20(14)23(29)30;1-2;;/h6-7,9-10,12-14,20,26H,2-5,8H2,1H3,(H,29,30);1-2H;2*1H4/t12?,13?,14-,20-;;;/m0.../s1. The second-order valence-electron chi connectivity index (χ2n) is 8.77. The number of terminal acetylenes is 1. The molecular weight excluding hydrogens is 436 g/mol. The van der Waals surface area contributed by atoms with Crippen LogP contribution in [-0.4, -0.2) is 26.0 Å². The summed E-state index contributed by atoms with van der Waals surface area (Å²) in [6.45, 7) is 1.81. The third kappa shape index (κ3) is 4.68. The molecule has 6 rings (SSSR count). The van der Waals surface area contributed by atoms with Gasteiger partial charge in [-0.1, -0.05) is 14.9 Å². The molecule has 3 aliphatic rings. The second-order valence-corrected chi connectivity index (χ2v) is 8.77. The Balaban J connectivity index is 0.000000995. The first-order valence-electron chi connectivity index (χ1n) is 10.8. The first-order valence-corrected chi connectivity index (χ1v) is 10.8. The van der Waals surface area contributed by atoms with E-state index >= 15 is 0 Å². The summed E-state index contributed by atoms with van der Waals surface area (Å²) in [6, 6.07) is 3.29. The van der Waals surface area contributed by atoms with Gasteiger partial charge in [0, 0.05) is 17.1 Å². The van der Waals surface area contributed by atoms with Crippen molar-refractivity contribution < 1.29 is 18.7 Å². The average Bonchev–Trinajstić information content (AvgIpc) is 3.21. The number of aromatic amines is 1. The third-order valence-electron chi connectivity index (χ3n) is 7.05. The summed E-state index contributed by atoms with van der Waals surface area (Å²) >= 11 is 0. The van der Waals surface area contributed by atoms with Crippen LogP contribution in [0.15, 0.2) is 24.5 Å². The van der Waals surface area contributed by atoms with Crippen molar-refractivity contribution in [2.75, 3.05) is 0 Å². The summed E-state index contributed by atoms with van der Waals surface area (Å²) < 4.78 is 28.9. The first kappa shape index (κ1) is 27.0. The Labute approximate surface area is 200 Å². The highest BCUT2D eigenvalue weighted by molar-refractivity contribution is 5.94. The van der Waals surface area contributed by atoms with Gasteiger partial charge in [-0.05, 0) is 74.5 Å². The second kappa shape index (κ2) is 10.8. The highest BCUT2D eigenvalue weighted by atomic mass is 19.1. The summed E-state index contributed by atoms with van der Waals surface area (Å²) in [5, 5.41) is 10.4. The Morgan fingerprint density at radius 1 is 1.12 bits per heavy atom. The largest absolute Gasteiger partial charge is 0.481 e.